The van der Waals surface area contributed by atoms with E-state index in [-0.39, 0.29) is 11.5 Å². The Morgan fingerprint density at radius 1 is 1.37 bits per heavy atom. The molecule has 1 unspecified atom stereocenters. The van der Waals surface area contributed by atoms with Crippen molar-refractivity contribution in [1.29, 1.82) is 5.26 Å². The zero-order chi connectivity index (χ0) is 14.6. The van der Waals surface area contributed by atoms with Crippen molar-refractivity contribution in [1.82, 2.24) is 5.32 Å². The fourth-order valence-electron chi connectivity index (χ4n) is 1.41. The summed E-state index contributed by atoms with van der Waals surface area (Å²) in [6, 6.07) is 5.25. The summed E-state index contributed by atoms with van der Waals surface area (Å²) < 4.78 is 37.5. The molecule has 0 aliphatic rings. The summed E-state index contributed by atoms with van der Waals surface area (Å²) in [5.41, 5.74) is -1.01. The summed E-state index contributed by atoms with van der Waals surface area (Å²) in [5.74, 6) is -0.814. The van der Waals surface area contributed by atoms with Crippen molar-refractivity contribution in [2.24, 2.45) is 5.92 Å². The number of nitrogens with one attached hydrogen (secondary N) is 1. The van der Waals surface area contributed by atoms with E-state index in [4.69, 9.17) is 5.26 Å². The highest BCUT2D eigenvalue weighted by Gasteiger charge is 2.31. The summed E-state index contributed by atoms with van der Waals surface area (Å²) in [6.45, 7) is 3.47. The van der Waals surface area contributed by atoms with Crippen molar-refractivity contribution in [3.8, 4) is 6.07 Å². The van der Waals surface area contributed by atoms with Crippen LogP contribution in [0.2, 0.25) is 0 Å². The predicted octanol–water partition coefficient (Wildman–Crippen LogP) is 2.98. The molecule has 0 aliphatic heterocycles. The second-order valence-corrected chi connectivity index (χ2v) is 4.40. The quantitative estimate of drug-likeness (QED) is 0.918. The van der Waals surface area contributed by atoms with E-state index in [1.807, 2.05) is 6.07 Å². The summed E-state index contributed by atoms with van der Waals surface area (Å²) in [5, 5.41) is 11.2. The molecular weight excluding hydrogens is 257 g/mol. The van der Waals surface area contributed by atoms with Crippen LogP contribution in [0.3, 0.4) is 0 Å². The number of carbonyl (C=O) groups is 1. The lowest BCUT2D eigenvalue weighted by atomic mass is 10.0. The Kier molecular flexibility index (Phi) is 4.54. The number of hydrogen-bond donors (Lipinski definition) is 1. The summed E-state index contributed by atoms with van der Waals surface area (Å²) in [7, 11) is 0. The van der Waals surface area contributed by atoms with Crippen LogP contribution < -0.4 is 5.32 Å². The van der Waals surface area contributed by atoms with Gasteiger partial charge >= 0.3 is 6.18 Å². The SMILES string of the molecule is CC(C)C(C#N)NC(=O)c1cccc(C(F)(F)F)c1. The lowest BCUT2D eigenvalue weighted by Crippen LogP contribution is -2.37. The lowest BCUT2D eigenvalue weighted by Gasteiger charge is -2.15. The van der Waals surface area contributed by atoms with Gasteiger partial charge in [-0.2, -0.15) is 18.4 Å². The van der Waals surface area contributed by atoms with Gasteiger partial charge in [-0.05, 0) is 24.1 Å². The van der Waals surface area contributed by atoms with Crippen LogP contribution in [0.5, 0.6) is 0 Å². The first-order chi connectivity index (χ1) is 8.75. The number of alkyl halides is 3. The van der Waals surface area contributed by atoms with E-state index in [1.165, 1.54) is 6.07 Å². The maximum absolute atomic E-state index is 12.5. The number of rotatable bonds is 3. The largest absolute Gasteiger partial charge is 0.416 e. The monoisotopic (exact) mass is 270 g/mol. The van der Waals surface area contributed by atoms with Crippen molar-refractivity contribution in [2.45, 2.75) is 26.1 Å². The molecule has 1 amide bonds. The number of carbonyl (C=O) groups excluding carboxylic acids is 1. The maximum atomic E-state index is 12.5. The molecule has 0 bridgehead atoms. The second-order valence-electron chi connectivity index (χ2n) is 4.40. The minimum absolute atomic E-state index is 0.115. The summed E-state index contributed by atoms with van der Waals surface area (Å²) >= 11 is 0. The molecule has 0 aliphatic carbocycles. The Hall–Kier alpha value is -2.03. The highest BCUT2D eigenvalue weighted by molar-refractivity contribution is 5.94. The van der Waals surface area contributed by atoms with Gasteiger partial charge in [-0.3, -0.25) is 4.79 Å². The number of hydrogen-bond acceptors (Lipinski definition) is 2. The van der Waals surface area contributed by atoms with E-state index >= 15 is 0 Å². The topological polar surface area (TPSA) is 52.9 Å². The molecule has 0 radical (unpaired) electrons. The van der Waals surface area contributed by atoms with E-state index in [2.05, 4.69) is 5.32 Å². The van der Waals surface area contributed by atoms with E-state index in [1.54, 1.807) is 13.8 Å². The molecule has 0 aromatic heterocycles. The highest BCUT2D eigenvalue weighted by Crippen LogP contribution is 2.29. The van der Waals surface area contributed by atoms with Gasteiger partial charge in [-0.1, -0.05) is 19.9 Å². The molecule has 1 N–H and O–H groups in total. The highest BCUT2D eigenvalue weighted by atomic mass is 19.4. The van der Waals surface area contributed by atoms with Crippen LogP contribution in [0.4, 0.5) is 13.2 Å². The summed E-state index contributed by atoms with van der Waals surface area (Å²) in [4.78, 5) is 11.8. The van der Waals surface area contributed by atoms with Crippen molar-refractivity contribution in [2.75, 3.05) is 0 Å². The first-order valence-corrected chi connectivity index (χ1v) is 5.63. The molecule has 3 nitrogen and oxygen atoms in total. The first-order valence-electron chi connectivity index (χ1n) is 5.63. The Balaban J connectivity index is 2.93. The Labute approximate surface area is 109 Å². The van der Waals surface area contributed by atoms with Gasteiger partial charge in [-0.25, -0.2) is 0 Å². The Morgan fingerprint density at radius 2 is 2.00 bits per heavy atom. The minimum Gasteiger partial charge on any atom is -0.336 e. The average Bonchev–Trinajstić information content (AvgIpc) is 2.34. The van der Waals surface area contributed by atoms with Crippen LogP contribution in [0.1, 0.15) is 29.8 Å². The van der Waals surface area contributed by atoms with Gasteiger partial charge in [0.1, 0.15) is 6.04 Å². The fourth-order valence-corrected chi connectivity index (χ4v) is 1.41. The standard InChI is InChI=1S/C13H13F3N2O/c1-8(2)11(7-17)18-12(19)9-4-3-5-10(6-9)13(14,15)16/h3-6,8,11H,1-2H3,(H,18,19). The molecule has 0 saturated heterocycles. The fraction of sp³-hybridized carbons (Fsp3) is 0.385. The van der Waals surface area contributed by atoms with Crippen LogP contribution in [-0.2, 0) is 6.18 Å². The van der Waals surface area contributed by atoms with Gasteiger partial charge < -0.3 is 5.32 Å². The van der Waals surface area contributed by atoms with Crippen LogP contribution >= 0.6 is 0 Å². The number of halogens is 3. The smallest absolute Gasteiger partial charge is 0.336 e. The Morgan fingerprint density at radius 3 is 2.47 bits per heavy atom. The van der Waals surface area contributed by atoms with Crippen LogP contribution in [0, 0.1) is 17.2 Å². The van der Waals surface area contributed by atoms with Gasteiger partial charge in [0, 0.05) is 5.56 Å². The molecule has 1 rings (SSSR count). The molecule has 1 aromatic carbocycles. The van der Waals surface area contributed by atoms with Gasteiger partial charge in [-0.15, -0.1) is 0 Å². The van der Waals surface area contributed by atoms with E-state index in [0.717, 1.165) is 18.2 Å². The number of nitrogens with zero attached hydrogens (tertiary/aromatic N) is 1. The van der Waals surface area contributed by atoms with Crippen LogP contribution in [-0.4, -0.2) is 11.9 Å². The summed E-state index contributed by atoms with van der Waals surface area (Å²) in [6.07, 6.45) is -4.50. The molecule has 1 atom stereocenters. The maximum Gasteiger partial charge on any atom is 0.416 e. The average molecular weight is 270 g/mol. The molecule has 19 heavy (non-hydrogen) atoms. The molecule has 6 heteroatoms. The molecule has 0 saturated carbocycles. The number of nitriles is 1. The van der Waals surface area contributed by atoms with E-state index < -0.39 is 23.7 Å². The molecule has 0 heterocycles. The van der Waals surface area contributed by atoms with Gasteiger partial charge in [0.05, 0.1) is 11.6 Å². The van der Waals surface area contributed by atoms with Crippen molar-refractivity contribution < 1.29 is 18.0 Å². The van der Waals surface area contributed by atoms with E-state index in [0.29, 0.717) is 0 Å². The molecule has 0 spiro atoms. The third-order valence-electron chi connectivity index (χ3n) is 2.54. The molecule has 102 valence electrons. The number of amides is 1. The van der Waals surface area contributed by atoms with Crippen LogP contribution in [0.15, 0.2) is 24.3 Å². The minimum atomic E-state index is -4.50. The van der Waals surface area contributed by atoms with Gasteiger partial charge in [0.15, 0.2) is 0 Å². The second kappa shape index (κ2) is 5.74. The van der Waals surface area contributed by atoms with Crippen molar-refractivity contribution in [3.05, 3.63) is 35.4 Å². The molecule has 1 aromatic rings. The first kappa shape index (κ1) is 15.0. The third kappa shape index (κ3) is 3.98. The molecule has 0 fully saturated rings. The van der Waals surface area contributed by atoms with Gasteiger partial charge in [0.2, 0.25) is 0 Å². The lowest BCUT2D eigenvalue weighted by molar-refractivity contribution is -0.137. The Bertz CT molecular complexity index is 503. The normalized spacial score (nSPS) is 12.9. The molecular formula is C13H13F3N2O. The van der Waals surface area contributed by atoms with Crippen LogP contribution in [0.25, 0.3) is 0 Å². The predicted molar refractivity (Wildman–Crippen MR) is 63.1 cm³/mol. The third-order valence-corrected chi connectivity index (χ3v) is 2.54. The van der Waals surface area contributed by atoms with Crippen molar-refractivity contribution >= 4 is 5.91 Å². The van der Waals surface area contributed by atoms with E-state index in [9.17, 15) is 18.0 Å². The van der Waals surface area contributed by atoms with Crippen molar-refractivity contribution in [3.63, 3.8) is 0 Å². The van der Waals surface area contributed by atoms with Gasteiger partial charge in [0.25, 0.3) is 5.91 Å². The number of benzene rings is 1. The zero-order valence-electron chi connectivity index (χ0n) is 10.5. The zero-order valence-corrected chi connectivity index (χ0v) is 10.5.